The van der Waals surface area contributed by atoms with E-state index in [1.807, 2.05) is 12.1 Å². The Morgan fingerprint density at radius 2 is 1.35 bits per heavy atom. The number of hydrogen-bond acceptors (Lipinski definition) is 4. The summed E-state index contributed by atoms with van der Waals surface area (Å²) in [6.07, 6.45) is 2.28. The number of benzene rings is 2. The maximum absolute atomic E-state index is 9.38. The lowest BCUT2D eigenvalue weighted by Crippen LogP contribution is -2.60. The molecule has 2 aromatic rings. The molecule has 3 nitrogen and oxygen atoms in total. The highest BCUT2D eigenvalue weighted by Gasteiger charge is 2.43. The molecule has 1 saturated heterocycles. The minimum atomic E-state index is 0.126. The van der Waals surface area contributed by atoms with Crippen molar-refractivity contribution in [3.63, 3.8) is 0 Å². The lowest BCUT2D eigenvalue weighted by atomic mass is 9.79. The second kappa shape index (κ2) is 7.16. The fraction of sp³-hybridized carbons (Fsp3) is 0.455. The van der Waals surface area contributed by atoms with E-state index in [9.17, 15) is 5.11 Å². The summed E-state index contributed by atoms with van der Waals surface area (Å²) < 4.78 is 6.33. The van der Waals surface area contributed by atoms with E-state index in [0.717, 1.165) is 28.4 Å². The summed E-state index contributed by atoms with van der Waals surface area (Å²) >= 11 is 1.68. The molecule has 1 aliphatic rings. The second-order valence-corrected chi connectivity index (χ2v) is 9.55. The summed E-state index contributed by atoms with van der Waals surface area (Å²) in [7, 11) is 2.21. The molecule has 0 radical (unpaired) electrons. The van der Waals surface area contributed by atoms with Crippen molar-refractivity contribution < 1.29 is 9.84 Å². The summed E-state index contributed by atoms with van der Waals surface area (Å²) in [5, 5.41) is 9.38. The molecule has 1 N–H and O–H groups in total. The van der Waals surface area contributed by atoms with Crippen molar-refractivity contribution in [2.24, 2.45) is 0 Å². The molecule has 3 rings (SSSR count). The van der Waals surface area contributed by atoms with E-state index < -0.39 is 0 Å². The van der Waals surface area contributed by atoms with Gasteiger partial charge in [-0.1, -0.05) is 11.8 Å². The second-order valence-electron chi connectivity index (χ2n) is 8.40. The van der Waals surface area contributed by atoms with Crippen LogP contribution in [0.1, 0.15) is 40.5 Å². The van der Waals surface area contributed by atoms with Gasteiger partial charge in [-0.15, -0.1) is 0 Å². The number of ether oxygens (including phenoxy) is 1. The lowest BCUT2D eigenvalue weighted by molar-refractivity contribution is -0.0556. The molecule has 0 aromatic heterocycles. The first kappa shape index (κ1) is 19.1. The molecule has 1 aliphatic heterocycles. The molecule has 0 amide bonds. The van der Waals surface area contributed by atoms with Gasteiger partial charge in [0.25, 0.3) is 0 Å². The van der Waals surface area contributed by atoms with Crippen LogP contribution in [0.5, 0.6) is 11.5 Å². The fourth-order valence-corrected chi connectivity index (χ4v) is 4.61. The van der Waals surface area contributed by atoms with Crippen molar-refractivity contribution in [3.05, 3.63) is 48.5 Å². The van der Waals surface area contributed by atoms with Gasteiger partial charge in [0.05, 0.1) is 0 Å². The molecular formula is C22H29NO2S. The van der Waals surface area contributed by atoms with Gasteiger partial charge in [-0.25, -0.2) is 0 Å². The first-order valence-corrected chi connectivity index (χ1v) is 9.95. The van der Waals surface area contributed by atoms with Crippen molar-refractivity contribution in [1.82, 2.24) is 4.90 Å². The van der Waals surface area contributed by atoms with Crippen LogP contribution in [0.2, 0.25) is 0 Å². The maximum atomic E-state index is 9.38. The van der Waals surface area contributed by atoms with Crippen LogP contribution in [0.4, 0.5) is 0 Å². The molecule has 1 fully saturated rings. The normalized spacial score (nSPS) is 20.0. The lowest BCUT2D eigenvalue weighted by Gasteiger charge is -2.53. The summed E-state index contributed by atoms with van der Waals surface area (Å²) in [6, 6.07) is 15.6. The van der Waals surface area contributed by atoms with Crippen LogP contribution in [0.25, 0.3) is 0 Å². The van der Waals surface area contributed by atoms with Crippen molar-refractivity contribution >= 4 is 11.8 Å². The van der Waals surface area contributed by atoms with Crippen molar-refractivity contribution in [3.8, 4) is 11.5 Å². The van der Waals surface area contributed by atoms with E-state index in [4.69, 9.17) is 4.74 Å². The minimum Gasteiger partial charge on any atom is -0.508 e. The van der Waals surface area contributed by atoms with Gasteiger partial charge >= 0.3 is 0 Å². The number of likely N-dealkylation sites (tertiary alicyclic amines) is 1. The van der Waals surface area contributed by atoms with Crippen LogP contribution in [0.3, 0.4) is 0 Å². The van der Waals surface area contributed by atoms with Crippen LogP contribution in [0, 0.1) is 0 Å². The summed E-state index contributed by atoms with van der Waals surface area (Å²) in [6.45, 7) is 9.17. The fourth-order valence-electron chi connectivity index (χ4n) is 3.79. The quantitative estimate of drug-likeness (QED) is 0.761. The average molecular weight is 372 g/mol. The Bertz CT molecular complexity index is 720. The minimum absolute atomic E-state index is 0.126. The molecule has 140 valence electrons. The molecular weight excluding hydrogens is 342 g/mol. The largest absolute Gasteiger partial charge is 0.508 e. The van der Waals surface area contributed by atoms with Crippen LogP contribution >= 0.6 is 11.8 Å². The van der Waals surface area contributed by atoms with Gasteiger partial charge in [-0.05, 0) is 83.3 Å². The third-order valence-corrected chi connectivity index (χ3v) is 6.49. The standard InChI is InChI=1S/C22H29NO2S/c1-21(2)14-18(15-22(3,4)23(21)5)25-17-8-12-20(13-9-17)26-19-10-6-16(24)7-11-19/h6-13,18,24H,14-15H2,1-5H3. The highest BCUT2D eigenvalue weighted by molar-refractivity contribution is 7.99. The average Bonchev–Trinajstić information content (AvgIpc) is 2.56. The zero-order valence-electron chi connectivity index (χ0n) is 16.3. The molecule has 1 heterocycles. The van der Waals surface area contributed by atoms with Gasteiger partial charge in [0.15, 0.2) is 0 Å². The third kappa shape index (κ3) is 4.36. The van der Waals surface area contributed by atoms with E-state index in [0.29, 0.717) is 5.75 Å². The topological polar surface area (TPSA) is 32.7 Å². The molecule has 0 bridgehead atoms. The molecule has 4 heteroatoms. The number of rotatable bonds is 4. The van der Waals surface area contributed by atoms with E-state index in [1.165, 1.54) is 0 Å². The van der Waals surface area contributed by atoms with E-state index >= 15 is 0 Å². The number of hydrogen-bond donors (Lipinski definition) is 1. The number of aromatic hydroxyl groups is 1. The van der Waals surface area contributed by atoms with Crippen molar-refractivity contribution in [2.75, 3.05) is 7.05 Å². The van der Waals surface area contributed by atoms with E-state index in [1.54, 1.807) is 23.9 Å². The smallest absolute Gasteiger partial charge is 0.119 e. The van der Waals surface area contributed by atoms with Crippen LogP contribution in [-0.2, 0) is 0 Å². The van der Waals surface area contributed by atoms with Gasteiger partial charge in [0.1, 0.15) is 17.6 Å². The Labute approximate surface area is 161 Å². The van der Waals surface area contributed by atoms with E-state index in [2.05, 4.69) is 63.9 Å². The molecule has 2 aromatic carbocycles. The van der Waals surface area contributed by atoms with Gasteiger partial charge in [-0.3, -0.25) is 4.90 Å². The molecule has 26 heavy (non-hydrogen) atoms. The summed E-state index contributed by atoms with van der Waals surface area (Å²) in [4.78, 5) is 4.74. The first-order valence-electron chi connectivity index (χ1n) is 9.13. The summed E-state index contributed by atoms with van der Waals surface area (Å²) in [5.41, 5.74) is 0.252. The predicted molar refractivity (Wildman–Crippen MR) is 108 cm³/mol. The number of nitrogens with zero attached hydrogens (tertiary/aromatic N) is 1. The zero-order valence-corrected chi connectivity index (χ0v) is 17.1. The molecule has 0 unspecified atom stereocenters. The molecule has 0 saturated carbocycles. The van der Waals surface area contributed by atoms with Gasteiger partial charge in [0, 0.05) is 33.7 Å². The molecule has 0 atom stereocenters. The van der Waals surface area contributed by atoms with Gasteiger partial charge in [0.2, 0.25) is 0 Å². The molecule has 0 aliphatic carbocycles. The Morgan fingerprint density at radius 3 is 1.85 bits per heavy atom. The van der Waals surface area contributed by atoms with Gasteiger partial charge in [-0.2, -0.15) is 0 Å². The highest BCUT2D eigenvalue weighted by atomic mass is 32.2. The Kier molecular flexibility index (Phi) is 5.27. The van der Waals surface area contributed by atoms with E-state index in [-0.39, 0.29) is 17.2 Å². The monoisotopic (exact) mass is 371 g/mol. The number of phenols is 1. The number of phenolic OH excluding ortho intramolecular Hbond substituents is 1. The van der Waals surface area contributed by atoms with Crippen molar-refractivity contribution in [2.45, 2.75) is 67.5 Å². The highest BCUT2D eigenvalue weighted by Crippen LogP contribution is 2.38. The SMILES string of the molecule is CN1C(C)(C)CC(Oc2ccc(Sc3ccc(O)cc3)cc2)CC1(C)C. The zero-order chi connectivity index (χ0) is 18.9. The Balaban J connectivity index is 1.65. The Morgan fingerprint density at radius 1 is 0.885 bits per heavy atom. The first-order chi connectivity index (χ1) is 12.2. The van der Waals surface area contributed by atoms with Crippen molar-refractivity contribution in [1.29, 1.82) is 0 Å². The maximum Gasteiger partial charge on any atom is 0.119 e. The third-order valence-electron chi connectivity index (χ3n) is 5.47. The summed E-state index contributed by atoms with van der Waals surface area (Å²) in [5.74, 6) is 1.23. The van der Waals surface area contributed by atoms with Crippen LogP contribution in [-0.4, -0.2) is 34.2 Å². The number of piperidine rings is 1. The molecule has 0 spiro atoms. The Hall–Kier alpha value is -1.65. The van der Waals surface area contributed by atoms with Crippen LogP contribution in [0.15, 0.2) is 58.3 Å². The van der Waals surface area contributed by atoms with Crippen LogP contribution < -0.4 is 4.74 Å². The van der Waals surface area contributed by atoms with Gasteiger partial charge < -0.3 is 9.84 Å². The predicted octanol–water partition coefficient (Wildman–Crippen LogP) is 5.57.